The molecule has 0 unspecified atom stereocenters. The molecule has 0 aliphatic carbocycles. The van der Waals surface area contributed by atoms with Crippen molar-refractivity contribution in [2.24, 2.45) is 5.73 Å². The van der Waals surface area contributed by atoms with Crippen LogP contribution in [-0.4, -0.2) is 14.8 Å². The summed E-state index contributed by atoms with van der Waals surface area (Å²) in [5.41, 5.74) is 7.47. The molecule has 2 aromatic rings. The standard InChI is InChI=1S/C13H18N4O/c1-10(2)17-8-13(7-16-17)18-9-11-3-4-15-12(5-11)6-14/h3-5,7-8,10H,6,9,14H2,1-2H3. The fraction of sp³-hybridized carbons (Fsp3) is 0.385. The lowest BCUT2D eigenvalue weighted by Crippen LogP contribution is -2.02. The van der Waals surface area contributed by atoms with Crippen LogP contribution in [0.1, 0.15) is 31.1 Å². The number of aromatic nitrogens is 3. The molecule has 18 heavy (non-hydrogen) atoms. The average Bonchev–Trinajstić information content (AvgIpc) is 2.85. The highest BCUT2D eigenvalue weighted by molar-refractivity contribution is 5.18. The van der Waals surface area contributed by atoms with Crippen LogP contribution < -0.4 is 10.5 Å². The molecule has 2 aromatic heterocycles. The summed E-state index contributed by atoms with van der Waals surface area (Å²) >= 11 is 0. The molecule has 0 radical (unpaired) electrons. The number of ether oxygens (including phenoxy) is 1. The van der Waals surface area contributed by atoms with Crippen molar-refractivity contribution in [3.8, 4) is 5.75 Å². The van der Waals surface area contributed by atoms with E-state index in [0.717, 1.165) is 17.0 Å². The molecule has 0 bridgehead atoms. The second-order valence-corrected chi connectivity index (χ2v) is 4.40. The van der Waals surface area contributed by atoms with Gasteiger partial charge in [-0.15, -0.1) is 0 Å². The van der Waals surface area contributed by atoms with Crippen molar-refractivity contribution in [2.75, 3.05) is 0 Å². The van der Waals surface area contributed by atoms with Crippen molar-refractivity contribution in [1.29, 1.82) is 0 Å². The molecule has 0 atom stereocenters. The van der Waals surface area contributed by atoms with E-state index in [9.17, 15) is 0 Å². The van der Waals surface area contributed by atoms with Gasteiger partial charge in [0.25, 0.3) is 0 Å². The minimum absolute atomic E-state index is 0.340. The molecule has 0 aromatic carbocycles. The Bertz CT molecular complexity index is 507. The maximum Gasteiger partial charge on any atom is 0.157 e. The number of rotatable bonds is 5. The summed E-state index contributed by atoms with van der Waals surface area (Å²) in [6.07, 6.45) is 5.37. The third kappa shape index (κ3) is 3.07. The van der Waals surface area contributed by atoms with Crippen LogP contribution in [0.5, 0.6) is 5.75 Å². The summed E-state index contributed by atoms with van der Waals surface area (Å²) in [6.45, 7) is 5.10. The first-order chi connectivity index (χ1) is 8.69. The first-order valence-electron chi connectivity index (χ1n) is 6.00. The Labute approximate surface area is 107 Å². The number of hydrogen-bond acceptors (Lipinski definition) is 4. The molecule has 0 aliphatic rings. The zero-order valence-corrected chi connectivity index (χ0v) is 10.7. The van der Waals surface area contributed by atoms with E-state index in [1.807, 2.05) is 23.0 Å². The van der Waals surface area contributed by atoms with Crippen LogP contribution in [0.15, 0.2) is 30.7 Å². The van der Waals surface area contributed by atoms with Crippen molar-refractivity contribution in [3.05, 3.63) is 42.0 Å². The van der Waals surface area contributed by atoms with Crippen molar-refractivity contribution >= 4 is 0 Å². The van der Waals surface area contributed by atoms with Crippen molar-refractivity contribution < 1.29 is 4.74 Å². The molecule has 5 heteroatoms. The first kappa shape index (κ1) is 12.6. The molecule has 0 saturated carbocycles. The van der Waals surface area contributed by atoms with Crippen LogP contribution in [0.4, 0.5) is 0 Å². The smallest absolute Gasteiger partial charge is 0.157 e. The molecule has 0 aliphatic heterocycles. The molecule has 2 N–H and O–H groups in total. The third-order valence-electron chi connectivity index (χ3n) is 2.60. The molecule has 96 valence electrons. The minimum Gasteiger partial charge on any atom is -0.486 e. The van der Waals surface area contributed by atoms with Gasteiger partial charge in [-0.2, -0.15) is 5.10 Å². The highest BCUT2D eigenvalue weighted by Crippen LogP contribution is 2.14. The van der Waals surface area contributed by atoms with E-state index in [1.54, 1.807) is 12.4 Å². The van der Waals surface area contributed by atoms with Gasteiger partial charge >= 0.3 is 0 Å². The molecule has 0 fully saturated rings. The minimum atomic E-state index is 0.340. The number of nitrogens with zero attached hydrogens (tertiary/aromatic N) is 3. The lowest BCUT2D eigenvalue weighted by atomic mass is 10.2. The van der Waals surface area contributed by atoms with E-state index in [1.165, 1.54) is 0 Å². The molecule has 2 rings (SSSR count). The summed E-state index contributed by atoms with van der Waals surface area (Å²) < 4.78 is 7.54. The van der Waals surface area contributed by atoms with E-state index >= 15 is 0 Å². The average molecular weight is 246 g/mol. The van der Waals surface area contributed by atoms with Gasteiger partial charge in [0.1, 0.15) is 6.61 Å². The fourth-order valence-electron chi connectivity index (χ4n) is 1.57. The topological polar surface area (TPSA) is 66.0 Å². The zero-order chi connectivity index (χ0) is 13.0. The Morgan fingerprint density at radius 1 is 1.44 bits per heavy atom. The van der Waals surface area contributed by atoms with Crippen LogP contribution in [0, 0.1) is 0 Å². The van der Waals surface area contributed by atoms with Gasteiger partial charge in [0.05, 0.1) is 18.1 Å². The van der Waals surface area contributed by atoms with Gasteiger partial charge < -0.3 is 10.5 Å². The summed E-state index contributed by atoms with van der Waals surface area (Å²) in [4.78, 5) is 4.14. The second kappa shape index (κ2) is 5.64. The molecular formula is C13H18N4O. The van der Waals surface area contributed by atoms with E-state index in [2.05, 4.69) is 23.9 Å². The van der Waals surface area contributed by atoms with Gasteiger partial charge in [0.2, 0.25) is 0 Å². The fourth-order valence-corrected chi connectivity index (χ4v) is 1.57. The largest absolute Gasteiger partial charge is 0.486 e. The van der Waals surface area contributed by atoms with Crippen LogP contribution in [0.25, 0.3) is 0 Å². The molecule has 5 nitrogen and oxygen atoms in total. The van der Waals surface area contributed by atoms with E-state index < -0.39 is 0 Å². The third-order valence-corrected chi connectivity index (χ3v) is 2.60. The predicted octanol–water partition coefficient (Wildman–Crippen LogP) is 1.90. The lowest BCUT2D eigenvalue weighted by molar-refractivity contribution is 0.305. The van der Waals surface area contributed by atoms with Crippen LogP contribution in [-0.2, 0) is 13.2 Å². The lowest BCUT2D eigenvalue weighted by Gasteiger charge is -2.05. The Morgan fingerprint density at radius 2 is 2.28 bits per heavy atom. The van der Waals surface area contributed by atoms with Crippen molar-refractivity contribution in [3.63, 3.8) is 0 Å². The Balaban J connectivity index is 1.97. The summed E-state index contributed by atoms with van der Waals surface area (Å²) in [5.74, 6) is 0.773. The number of hydrogen-bond donors (Lipinski definition) is 1. The van der Waals surface area contributed by atoms with E-state index in [4.69, 9.17) is 10.5 Å². The molecule has 0 amide bonds. The van der Waals surface area contributed by atoms with E-state index in [-0.39, 0.29) is 0 Å². The van der Waals surface area contributed by atoms with E-state index in [0.29, 0.717) is 19.2 Å². The quantitative estimate of drug-likeness (QED) is 0.875. The maximum absolute atomic E-state index is 5.67. The molecule has 0 saturated heterocycles. The number of pyridine rings is 1. The predicted molar refractivity (Wildman–Crippen MR) is 69.1 cm³/mol. The highest BCUT2D eigenvalue weighted by Gasteiger charge is 2.03. The van der Waals surface area contributed by atoms with Gasteiger partial charge in [-0.25, -0.2) is 0 Å². The van der Waals surface area contributed by atoms with Crippen LogP contribution in [0.3, 0.4) is 0 Å². The van der Waals surface area contributed by atoms with Crippen molar-refractivity contribution in [2.45, 2.75) is 33.0 Å². The summed E-state index contributed by atoms with van der Waals surface area (Å²) in [5, 5.41) is 4.22. The van der Waals surface area contributed by atoms with Gasteiger partial charge in [0, 0.05) is 18.8 Å². The van der Waals surface area contributed by atoms with Crippen LogP contribution >= 0.6 is 0 Å². The molecular weight excluding hydrogens is 228 g/mol. The number of nitrogens with two attached hydrogens (primary N) is 1. The van der Waals surface area contributed by atoms with Gasteiger partial charge in [-0.1, -0.05) is 0 Å². The van der Waals surface area contributed by atoms with Crippen LogP contribution in [0.2, 0.25) is 0 Å². The first-order valence-corrected chi connectivity index (χ1v) is 6.00. The van der Waals surface area contributed by atoms with Gasteiger partial charge in [0.15, 0.2) is 5.75 Å². The highest BCUT2D eigenvalue weighted by atomic mass is 16.5. The zero-order valence-electron chi connectivity index (χ0n) is 10.7. The SMILES string of the molecule is CC(C)n1cc(OCc2ccnc(CN)c2)cn1. The van der Waals surface area contributed by atoms with Crippen molar-refractivity contribution in [1.82, 2.24) is 14.8 Å². The van der Waals surface area contributed by atoms with Gasteiger partial charge in [-0.05, 0) is 31.5 Å². The monoisotopic (exact) mass is 246 g/mol. The Kier molecular flexibility index (Phi) is 3.94. The molecule has 0 spiro atoms. The maximum atomic E-state index is 5.67. The Morgan fingerprint density at radius 3 is 2.94 bits per heavy atom. The second-order valence-electron chi connectivity index (χ2n) is 4.40. The van der Waals surface area contributed by atoms with Gasteiger partial charge in [-0.3, -0.25) is 9.67 Å². The Hall–Kier alpha value is -1.88. The summed E-state index contributed by atoms with van der Waals surface area (Å²) in [6, 6.07) is 4.21. The normalized spacial score (nSPS) is 10.9. The summed E-state index contributed by atoms with van der Waals surface area (Å²) in [7, 11) is 0. The molecule has 2 heterocycles.